The second-order valence-electron chi connectivity index (χ2n) is 5.44. The van der Waals surface area contributed by atoms with Crippen LogP contribution >= 0.6 is 0 Å². The number of rotatable bonds is 5. The molecule has 0 saturated carbocycles. The van der Waals surface area contributed by atoms with Crippen molar-refractivity contribution in [2.24, 2.45) is 0 Å². The van der Waals surface area contributed by atoms with Crippen LogP contribution in [-0.4, -0.2) is 26.2 Å². The van der Waals surface area contributed by atoms with Crippen LogP contribution in [0.25, 0.3) is 0 Å². The molecule has 0 saturated heterocycles. The number of hydrogen-bond donors (Lipinski definition) is 3. The van der Waals surface area contributed by atoms with Crippen LogP contribution in [0.5, 0.6) is 0 Å². The summed E-state index contributed by atoms with van der Waals surface area (Å²) < 4.78 is 0. The minimum absolute atomic E-state index is 0.0531. The number of nitrogens with one attached hydrogen (secondary N) is 3. The number of fused-ring (bicyclic) bond motifs is 1. The van der Waals surface area contributed by atoms with Crippen LogP contribution in [0.2, 0.25) is 0 Å². The minimum Gasteiger partial charge on any atom is -0.326 e. The number of amides is 1. The Kier molecular flexibility index (Phi) is 3.68. The number of carbonyl (C=O) groups is 1. The Balaban J connectivity index is 2.13. The molecular formula is C14H21N3O. The summed E-state index contributed by atoms with van der Waals surface area (Å²) in [5, 5.41) is 9.29. The minimum atomic E-state index is 0.0531. The first-order chi connectivity index (χ1) is 8.53. The average molecular weight is 247 g/mol. The third-order valence-corrected chi connectivity index (χ3v) is 3.38. The Morgan fingerprint density at radius 1 is 1.39 bits per heavy atom. The molecule has 1 aromatic rings. The highest BCUT2D eigenvalue weighted by Crippen LogP contribution is 2.29. The molecule has 0 atom stereocenters. The van der Waals surface area contributed by atoms with Crippen LogP contribution in [0.4, 0.5) is 5.69 Å². The number of carbonyl (C=O) groups excluding carboxylic acids is 1. The molecule has 0 radical (unpaired) electrons. The van der Waals surface area contributed by atoms with Crippen molar-refractivity contribution in [3.8, 4) is 0 Å². The van der Waals surface area contributed by atoms with Crippen molar-refractivity contribution >= 4 is 11.6 Å². The average Bonchev–Trinajstić information content (AvgIpc) is 2.68. The Labute approximate surface area is 108 Å². The molecule has 0 bridgehead atoms. The van der Waals surface area contributed by atoms with Gasteiger partial charge >= 0.3 is 0 Å². The molecule has 98 valence electrons. The fourth-order valence-corrected chi connectivity index (χ4v) is 2.25. The van der Waals surface area contributed by atoms with E-state index in [4.69, 9.17) is 0 Å². The summed E-state index contributed by atoms with van der Waals surface area (Å²) in [6.07, 6.45) is 0.503. The van der Waals surface area contributed by atoms with Gasteiger partial charge in [-0.25, -0.2) is 0 Å². The first kappa shape index (κ1) is 13.1. The molecule has 1 aliphatic rings. The molecule has 0 aromatic heterocycles. The third-order valence-electron chi connectivity index (χ3n) is 3.38. The largest absolute Gasteiger partial charge is 0.326 e. The Morgan fingerprint density at radius 3 is 2.89 bits per heavy atom. The topological polar surface area (TPSA) is 53.2 Å². The van der Waals surface area contributed by atoms with Gasteiger partial charge in [0.25, 0.3) is 0 Å². The van der Waals surface area contributed by atoms with Crippen LogP contribution < -0.4 is 16.0 Å². The van der Waals surface area contributed by atoms with Crippen molar-refractivity contribution in [2.75, 3.05) is 25.6 Å². The van der Waals surface area contributed by atoms with Crippen LogP contribution in [0.3, 0.4) is 0 Å². The summed E-state index contributed by atoms with van der Waals surface area (Å²) in [6.45, 7) is 6.12. The van der Waals surface area contributed by atoms with Crippen LogP contribution in [0.15, 0.2) is 18.2 Å². The van der Waals surface area contributed by atoms with Gasteiger partial charge in [0.1, 0.15) is 0 Å². The molecular weight excluding hydrogens is 226 g/mol. The summed E-state index contributed by atoms with van der Waals surface area (Å²) >= 11 is 0. The van der Waals surface area contributed by atoms with Crippen LogP contribution in [0.1, 0.15) is 25.0 Å². The van der Waals surface area contributed by atoms with Crippen LogP contribution in [0, 0.1) is 0 Å². The smallest absolute Gasteiger partial charge is 0.228 e. The van der Waals surface area contributed by atoms with Crippen molar-refractivity contribution in [1.29, 1.82) is 0 Å². The molecule has 1 aromatic carbocycles. The molecule has 0 spiro atoms. The predicted molar refractivity (Wildman–Crippen MR) is 73.7 cm³/mol. The van der Waals surface area contributed by atoms with Crippen molar-refractivity contribution < 1.29 is 4.79 Å². The lowest BCUT2D eigenvalue weighted by molar-refractivity contribution is -0.115. The summed E-state index contributed by atoms with van der Waals surface area (Å²) in [5.41, 5.74) is 3.39. The Hall–Kier alpha value is -1.39. The fourth-order valence-electron chi connectivity index (χ4n) is 2.25. The Bertz CT molecular complexity index is 454. The van der Waals surface area contributed by atoms with Gasteiger partial charge < -0.3 is 16.0 Å². The molecule has 3 N–H and O–H groups in total. The van der Waals surface area contributed by atoms with E-state index in [0.29, 0.717) is 6.42 Å². The van der Waals surface area contributed by atoms with Crippen LogP contribution in [-0.2, 0) is 16.6 Å². The highest BCUT2D eigenvalue weighted by molar-refractivity contribution is 5.99. The van der Waals surface area contributed by atoms with Gasteiger partial charge in [-0.3, -0.25) is 4.79 Å². The zero-order valence-corrected chi connectivity index (χ0v) is 11.3. The molecule has 1 heterocycles. The number of hydrogen-bond acceptors (Lipinski definition) is 3. The lowest BCUT2D eigenvalue weighted by Gasteiger charge is -2.26. The maximum Gasteiger partial charge on any atom is 0.228 e. The van der Waals surface area contributed by atoms with Crippen molar-refractivity contribution in [2.45, 2.75) is 25.7 Å². The second kappa shape index (κ2) is 5.08. The quantitative estimate of drug-likeness (QED) is 0.542. The summed E-state index contributed by atoms with van der Waals surface area (Å²) in [5.74, 6) is 0.0910. The van der Waals surface area contributed by atoms with Gasteiger partial charge in [0, 0.05) is 24.3 Å². The highest BCUT2D eigenvalue weighted by Gasteiger charge is 2.24. The molecule has 4 nitrogen and oxygen atoms in total. The van der Waals surface area contributed by atoms with Gasteiger partial charge in [0.15, 0.2) is 0 Å². The Morgan fingerprint density at radius 2 is 2.17 bits per heavy atom. The molecule has 0 fully saturated rings. The zero-order chi connectivity index (χ0) is 13.2. The molecule has 0 unspecified atom stereocenters. The maximum absolute atomic E-state index is 11.3. The van der Waals surface area contributed by atoms with E-state index >= 15 is 0 Å². The van der Waals surface area contributed by atoms with E-state index < -0.39 is 0 Å². The number of anilines is 1. The van der Waals surface area contributed by atoms with Crippen molar-refractivity contribution in [1.82, 2.24) is 10.6 Å². The molecule has 18 heavy (non-hydrogen) atoms. The molecule has 1 aliphatic heterocycles. The lowest BCUT2D eigenvalue weighted by atomic mass is 9.83. The van der Waals surface area contributed by atoms with E-state index in [-0.39, 0.29) is 11.3 Å². The summed E-state index contributed by atoms with van der Waals surface area (Å²) in [6, 6.07) is 6.26. The highest BCUT2D eigenvalue weighted by atomic mass is 16.1. The van der Waals surface area contributed by atoms with Gasteiger partial charge in [0.05, 0.1) is 6.42 Å². The molecule has 4 heteroatoms. The van der Waals surface area contributed by atoms with Gasteiger partial charge in [-0.05, 0) is 24.2 Å². The summed E-state index contributed by atoms with van der Waals surface area (Å²) in [4.78, 5) is 11.3. The normalized spacial score (nSPS) is 14.5. The lowest BCUT2D eigenvalue weighted by Crippen LogP contribution is -2.37. The van der Waals surface area contributed by atoms with Gasteiger partial charge in [0.2, 0.25) is 5.91 Å². The van der Waals surface area contributed by atoms with E-state index in [1.807, 2.05) is 13.1 Å². The van der Waals surface area contributed by atoms with Gasteiger partial charge in [-0.15, -0.1) is 0 Å². The predicted octanol–water partition coefficient (Wildman–Crippen LogP) is 1.23. The SMILES string of the molecule is CNCNCC(C)(C)c1ccc2c(c1)CC(=O)N2. The maximum atomic E-state index is 11.3. The van der Waals surface area contributed by atoms with Crippen molar-refractivity contribution in [3.05, 3.63) is 29.3 Å². The number of benzene rings is 1. The fraction of sp³-hybridized carbons (Fsp3) is 0.500. The van der Waals surface area contributed by atoms with E-state index in [9.17, 15) is 4.79 Å². The standard InChI is InChI=1S/C14H21N3O/c1-14(2,8-16-9-15-3)11-4-5-12-10(6-11)7-13(18)17-12/h4-6,15-16H,7-9H2,1-3H3,(H,17,18). The first-order valence-electron chi connectivity index (χ1n) is 6.31. The monoisotopic (exact) mass is 247 g/mol. The van der Waals surface area contributed by atoms with E-state index in [1.54, 1.807) is 0 Å². The summed E-state index contributed by atoms with van der Waals surface area (Å²) in [7, 11) is 1.92. The zero-order valence-electron chi connectivity index (χ0n) is 11.3. The molecule has 2 rings (SSSR count). The molecule has 0 aliphatic carbocycles. The third kappa shape index (κ3) is 2.71. The van der Waals surface area contributed by atoms with Gasteiger partial charge in [-0.1, -0.05) is 26.0 Å². The first-order valence-corrected chi connectivity index (χ1v) is 6.31. The van der Waals surface area contributed by atoms with E-state index in [2.05, 4.69) is 41.9 Å². The van der Waals surface area contributed by atoms with Gasteiger partial charge in [-0.2, -0.15) is 0 Å². The van der Waals surface area contributed by atoms with E-state index in [0.717, 1.165) is 24.5 Å². The molecule has 1 amide bonds. The van der Waals surface area contributed by atoms with Crippen molar-refractivity contribution in [3.63, 3.8) is 0 Å². The van der Waals surface area contributed by atoms with E-state index in [1.165, 1.54) is 5.56 Å². The second-order valence-corrected chi connectivity index (χ2v) is 5.44.